The van der Waals surface area contributed by atoms with Crippen molar-refractivity contribution in [2.45, 2.75) is 33.9 Å². The molecule has 6 nitrogen and oxygen atoms in total. The molecule has 8 heteroatoms. The largest absolute Gasteiger partial charge is 0.485 e. The van der Waals surface area contributed by atoms with Gasteiger partial charge in [0.05, 0.1) is 23.6 Å². The number of anilines is 1. The quantitative estimate of drug-likeness (QED) is 0.358. The second kappa shape index (κ2) is 9.50. The Morgan fingerprint density at radius 2 is 1.94 bits per heavy atom. The van der Waals surface area contributed by atoms with Crippen LogP contribution in [0.25, 0.3) is 0 Å². The second-order valence-electron chi connectivity index (χ2n) is 7.71. The van der Waals surface area contributed by atoms with Gasteiger partial charge in [-0.1, -0.05) is 35.9 Å². The van der Waals surface area contributed by atoms with Crippen molar-refractivity contribution in [2.24, 2.45) is 0 Å². The van der Waals surface area contributed by atoms with Crippen molar-refractivity contribution in [3.63, 3.8) is 0 Å². The predicted octanol–water partition coefficient (Wildman–Crippen LogP) is 6.07. The Kier molecular flexibility index (Phi) is 6.51. The second-order valence-corrected chi connectivity index (χ2v) is 8.12. The summed E-state index contributed by atoms with van der Waals surface area (Å²) in [7, 11) is 0. The number of amides is 1. The lowest BCUT2D eigenvalue weighted by atomic mass is 10.2. The van der Waals surface area contributed by atoms with Gasteiger partial charge < -0.3 is 14.5 Å². The highest BCUT2D eigenvalue weighted by molar-refractivity contribution is 6.31. The number of hydrogen-bond acceptors (Lipinski definition) is 4. The number of halogens is 2. The van der Waals surface area contributed by atoms with Gasteiger partial charge >= 0.3 is 0 Å². The van der Waals surface area contributed by atoms with E-state index in [0.717, 1.165) is 22.6 Å². The number of ether oxygens (including phenoxy) is 1. The molecule has 0 atom stereocenters. The zero-order valence-electron chi connectivity index (χ0n) is 18.5. The van der Waals surface area contributed by atoms with Crippen molar-refractivity contribution >= 4 is 23.2 Å². The van der Waals surface area contributed by atoms with E-state index in [9.17, 15) is 9.18 Å². The Hall–Kier alpha value is -3.58. The lowest BCUT2D eigenvalue weighted by Crippen LogP contribution is -2.12. The molecule has 0 aliphatic heterocycles. The van der Waals surface area contributed by atoms with Crippen LogP contribution in [0.5, 0.6) is 5.75 Å². The summed E-state index contributed by atoms with van der Waals surface area (Å²) in [5, 5.41) is 7.69. The van der Waals surface area contributed by atoms with Crippen molar-refractivity contribution in [1.82, 2.24) is 9.78 Å². The molecule has 1 N–H and O–H groups in total. The van der Waals surface area contributed by atoms with E-state index in [0.29, 0.717) is 28.7 Å². The number of hydrogen-bond donors (Lipinski definition) is 1. The zero-order chi connectivity index (χ0) is 23.5. The topological polar surface area (TPSA) is 69.3 Å². The molecule has 4 aromatic rings. The molecule has 2 aromatic carbocycles. The van der Waals surface area contributed by atoms with Gasteiger partial charge in [0.15, 0.2) is 5.76 Å². The highest BCUT2D eigenvalue weighted by atomic mass is 35.5. The minimum Gasteiger partial charge on any atom is -0.485 e. The molecule has 170 valence electrons. The van der Waals surface area contributed by atoms with Crippen LogP contribution in [0.15, 0.2) is 59.0 Å². The average Bonchev–Trinajstić information content (AvgIpc) is 3.35. The summed E-state index contributed by atoms with van der Waals surface area (Å²) in [6.45, 7) is 6.17. The van der Waals surface area contributed by atoms with Crippen LogP contribution >= 0.6 is 11.6 Å². The van der Waals surface area contributed by atoms with Gasteiger partial charge in [0, 0.05) is 5.02 Å². The number of benzene rings is 2. The third-order valence-corrected chi connectivity index (χ3v) is 5.66. The fraction of sp³-hybridized carbons (Fsp3) is 0.200. The first kappa shape index (κ1) is 22.6. The predicted molar refractivity (Wildman–Crippen MR) is 124 cm³/mol. The highest BCUT2D eigenvalue weighted by Crippen LogP contribution is 2.25. The standard InChI is InChI=1S/C25H23ClFN3O3/c1-15-6-4-5-7-22(15)32-14-20-10-11-23(33-20)25(31)28-24-16(2)29-30(17(24)3)13-18-8-9-19(27)12-21(18)26/h4-12H,13-14H2,1-3H3,(H,28,31). The fourth-order valence-corrected chi connectivity index (χ4v) is 3.69. The van der Waals surface area contributed by atoms with E-state index in [-0.39, 0.29) is 18.3 Å². The van der Waals surface area contributed by atoms with E-state index >= 15 is 0 Å². The van der Waals surface area contributed by atoms with E-state index in [2.05, 4.69) is 10.4 Å². The van der Waals surface area contributed by atoms with Crippen LogP contribution in [0.2, 0.25) is 5.02 Å². The van der Waals surface area contributed by atoms with Crippen molar-refractivity contribution in [3.8, 4) is 5.75 Å². The lowest BCUT2D eigenvalue weighted by molar-refractivity contribution is 0.0992. The minimum atomic E-state index is -0.396. The first-order valence-electron chi connectivity index (χ1n) is 10.4. The Morgan fingerprint density at radius 3 is 2.70 bits per heavy atom. The van der Waals surface area contributed by atoms with Crippen LogP contribution in [0.1, 0.15) is 38.8 Å². The Morgan fingerprint density at radius 1 is 1.15 bits per heavy atom. The molecule has 2 aromatic heterocycles. The molecule has 0 saturated heterocycles. The number of carbonyl (C=O) groups is 1. The van der Waals surface area contributed by atoms with Gasteiger partial charge in [-0.25, -0.2) is 4.39 Å². The SMILES string of the molecule is Cc1ccccc1OCc1ccc(C(=O)Nc2c(C)nn(Cc3ccc(F)cc3Cl)c2C)o1. The zero-order valence-corrected chi connectivity index (χ0v) is 19.2. The van der Waals surface area contributed by atoms with Crippen molar-refractivity contribution < 1.29 is 18.3 Å². The van der Waals surface area contributed by atoms with Gasteiger partial charge in [-0.3, -0.25) is 9.48 Å². The van der Waals surface area contributed by atoms with Gasteiger partial charge in [0.25, 0.3) is 5.91 Å². The molecular formula is C25H23ClFN3O3. The molecule has 0 radical (unpaired) electrons. The molecule has 2 heterocycles. The summed E-state index contributed by atoms with van der Waals surface area (Å²) in [6.07, 6.45) is 0. The van der Waals surface area contributed by atoms with Gasteiger partial charge in [-0.15, -0.1) is 0 Å². The van der Waals surface area contributed by atoms with E-state index in [1.54, 1.807) is 29.8 Å². The molecule has 0 bridgehead atoms. The molecule has 0 spiro atoms. The van der Waals surface area contributed by atoms with Crippen molar-refractivity contribution in [3.05, 3.63) is 99.5 Å². The number of aryl methyl sites for hydroxylation is 2. The van der Waals surface area contributed by atoms with Crippen LogP contribution in [-0.4, -0.2) is 15.7 Å². The molecule has 0 unspecified atom stereocenters. The van der Waals surface area contributed by atoms with E-state index in [1.807, 2.05) is 38.1 Å². The summed E-state index contributed by atoms with van der Waals surface area (Å²) >= 11 is 6.14. The van der Waals surface area contributed by atoms with E-state index < -0.39 is 5.82 Å². The summed E-state index contributed by atoms with van der Waals surface area (Å²) in [5.74, 6) is 0.694. The number of nitrogens with zero attached hydrogens (tertiary/aromatic N) is 2. The molecule has 33 heavy (non-hydrogen) atoms. The molecule has 0 aliphatic carbocycles. The Balaban J connectivity index is 1.44. The van der Waals surface area contributed by atoms with Crippen LogP contribution in [0.3, 0.4) is 0 Å². The fourth-order valence-electron chi connectivity index (χ4n) is 3.46. The van der Waals surface area contributed by atoms with Gasteiger partial charge in [-0.2, -0.15) is 5.10 Å². The number of carbonyl (C=O) groups excluding carboxylic acids is 1. The van der Waals surface area contributed by atoms with Gasteiger partial charge in [-0.05, 0) is 62.2 Å². The lowest BCUT2D eigenvalue weighted by Gasteiger charge is -2.08. The first-order valence-corrected chi connectivity index (χ1v) is 10.8. The molecule has 0 fully saturated rings. The third-order valence-electron chi connectivity index (χ3n) is 5.30. The average molecular weight is 468 g/mol. The molecule has 0 saturated carbocycles. The number of nitrogens with one attached hydrogen (secondary N) is 1. The molecule has 1 amide bonds. The third kappa shape index (κ3) is 5.09. The molecule has 4 rings (SSSR count). The first-order chi connectivity index (χ1) is 15.8. The van der Waals surface area contributed by atoms with Crippen LogP contribution in [0, 0.1) is 26.6 Å². The summed E-state index contributed by atoms with van der Waals surface area (Å²) < 4.78 is 26.5. The number of furan rings is 1. The van der Waals surface area contributed by atoms with Crippen LogP contribution in [-0.2, 0) is 13.2 Å². The summed E-state index contributed by atoms with van der Waals surface area (Å²) in [5.41, 5.74) is 3.73. The maximum atomic E-state index is 13.3. The molecular weight excluding hydrogens is 445 g/mol. The number of rotatable bonds is 7. The summed E-state index contributed by atoms with van der Waals surface area (Å²) in [4.78, 5) is 12.8. The minimum absolute atomic E-state index is 0.173. The normalized spacial score (nSPS) is 10.9. The van der Waals surface area contributed by atoms with Gasteiger partial charge in [0.1, 0.15) is 23.9 Å². The molecule has 0 aliphatic rings. The maximum Gasteiger partial charge on any atom is 0.291 e. The smallest absolute Gasteiger partial charge is 0.291 e. The van der Waals surface area contributed by atoms with Crippen LogP contribution < -0.4 is 10.1 Å². The van der Waals surface area contributed by atoms with E-state index in [4.69, 9.17) is 20.8 Å². The number of para-hydroxylation sites is 1. The summed E-state index contributed by atoms with van der Waals surface area (Å²) in [6, 6.07) is 15.3. The van der Waals surface area contributed by atoms with Crippen molar-refractivity contribution in [1.29, 1.82) is 0 Å². The maximum absolute atomic E-state index is 13.3. The monoisotopic (exact) mass is 467 g/mol. The Bertz CT molecular complexity index is 1310. The van der Waals surface area contributed by atoms with Crippen LogP contribution in [0.4, 0.5) is 10.1 Å². The van der Waals surface area contributed by atoms with E-state index in [1.165, 1.54) is 12.1 Å². The highest BCUT2D eigenvalue weighted by Gasteiger charge is 2.18. The van der Waals surface area contributed by atoms with Crippen molar-refractivity contribution in [2.75, 3.05) is 5.32 Å². The Labute approximate surface area is 195 Å². The van der Waals surface area contributed by atoms with Gasteiger partial charge in [0.2, 0.25) is 0 Å². The number of aromatic nitrogens is 2.